The lowest BCUT2D eigenvalue weighted by atomic mass is 9.77. The normalized spacial score (nSPS) is 22.0. The highest BCUT2D eigenvalue weighted by molar-refractivity contribution is 5.95. The number of fused-ring (bicyclic) bond motifs is 2. The van der Waals surface area contributed by atoms with Crippen LogP contribution >= 0.6 is 0 Å². The second-order valence-corrected chi connectivity index (χ2v) is 9.14. The molecule has 0 spiro atoms. The van der Waals surface area contributed by atoms with Crippen LogP contribution in [0.4, 0.5) is 19.3 Å². The monoisotopic (exact) mass is 425 g/mol. The molecule has 1 aliphatic carbocycles. The highest BCUT2D eigenvalue weighted by Gasteiger charge is 2.45. The highest BCUT2D eigenvalue weighted by Crippen LogP contribution is 2.46. The molecule has 0 bridgehead atoms. The van der Waals surface area contributed by atoms with Crippen molar-refractivity contribution in [2.24, 2.45) is 0 Å². The molecule has 1 fully saturated rings. The van der Waals surface area contributed by atoms with E-state index in [-0.39, 0.29) is 11.6 Å². The van der Waals surface area contributed by atoms with Crippen molar-refractivity contribution < 1.29 is 18.3 Å². The first-order valence-electron chi connectivity index (χ1n) is 10.6. The van der Waals surface area contributed by atoms with Crippen LogP contribution in [0, 0.1) is 11.6 Å². The van der Waals surface area contributed by atoms with E-state index >= 15 is 8.78 Å². The molecule has 1 saturated carbocycles. The van der Waals surface area contributed by atoms with Gasteiger partial charge in [-0.3, -0.25) is 0 Å². The SMILES string of the molecule is C[C@H]1c2c(cc(F)c(-c3cccc4cc[nH]c34)c2F)NC(C)(C)C1OC(=O)NC1CC1. The third kappa shape index (κ3) is 3.32. The van der Waals surface area contributed by atoms with Crippen molar-refractivity contribution in [2.45, 2.75) is 57.2 Å². The number of alkyl carbamates (subject to hydrolysis) is 1. The van der Waals surface area contributed by atoms with E-state index in [1.165, 1.54) is 6.07 Å². The second kappa shape index (κ2) is 6.97. The summed E-state index contributed by atoms with van der Waals surface area (Å²) >= 11 is 0. The summed E-state index contributed by atoms with van der Waals surface area (Å²) < 4.78 is 36.9. The van der Waals surface area contributed by atoms with Gasteiger partial charge in [0, 0.05) is 35.0 Å². The molecule has 3 N–H and O–H groups in total. The topological polar surface area (TPSA) is 66.1 Å². The maximum absolute atomic E-state index is 15.9. The predicted molar refractivity (Wildman–Crippen MR) is 116 cm³/mol. The average molecular weight is 425 g/mol. The summed E-state index contributed by atoms with van der Waals surface area (Å²) in [5, 5.41) is 6.88. The summed E-state index contributed by atoms with van der Waals surface area (Å²) in [6, 6.07) is 8.74. The van der Waals surface area contributed by atoms with Crippen molar-refractivity contribution in [3.8, 4) is 11.1 Å². The van der Waals surface area contributed by atoms with Gasteiger partial charge in [-0.2, -0.15) is 0 Å². The van der Waals surface area contributed by atoms with Crippen LogP contribution in [-0.4, -0.2) is 28.8 Å². The minimum absolute atomic E-state index is 0.0821. The Kier molecular flexibility index (Phi) is 4.46. The number of hydrogen-bond donors (Lipinski definition) is 3. The van der Waals surface area contributed by atoms with Gasteiger partial charge in [-0.15, -0.1) is 0 Å². The average Bonchev–Trinajstić information content (AvgIpc) is 3.36. The van der Waals surface area contributed by atoms with Crippen LogP contribution < -0.4 is 10.6 Å². The molecule has 0 radical (unpaired) electrons. The van der Waals surface area contributed by atoms with Gasteiger partial charge in [-0.1, -0.05) is 25.1 Å². The molecule has 5 rings (SSSR count). The fourth-order valence-corrected chi connectivity index (χ4v) is 4.71. The molecule has 0 saturated heterocycles. The number of aromatic amines is 1. The van der Waals surface area contributed by atoms with Crippen molar-refractivity contribution in [1.29, 1.82) is 0 Å². The third-order valence-electron chi connectivity index (χ3n) is 6.32. The first-order valence-corrected chi connectivity index (χ1v) is 10.6. The lowest BCUT2D eigenvalue weighted by Crippen LogP contribution is -2.53. The smallest absolute Gasteiger partial charge is 0.407 e. The predicted octanol–water partition coefficient (Wildman–Crippen LogP) is 5.68. The van der Waals surface area contributed by atoms with E-state index in [0.29, 0.717) is 22.3 Å². The largest absolute Gasteiger partial charge is 0.443 e. The van der Waals surface area contributed by atoms with Crippen molar-refractivity contribution in [3.05, 3.63) is 53.7 Å². The molecule has 162 valence electrons. The molecule has 7 heteroatoms. The molecular weight excluding hydrogens is 400 g/mol. The minimum Gasteiger partial charge on any atom is -0.443 e. The number of nitrogens with one attached hydrogen (secondary N) is 3. The van der Waals surface area contributed by atoms with Gasteiger partial charge in [-0.05, 0) is 44.2 Å². The van der Waals surface area contributed by atoms with E-state index in [2.05, 4.69) is 15.6 Å². The van der Waals surface area contributed by atoms with Gasteiger partial charge >= 0.3 is 6.09 Å². The Morgan fingerprint density at radius 3 is 2.74 bits per heavy atom. The molecule has 2 aromatic carbocycles. The number of carbonyl (C=O) groups excluding carboxylic acids is 1. The molecule has 2 aliphatic rings. The standard InChI is InChI=1S/C24H25F2N3O2/c1-12-18-17(29-24(2,3)22(12)31-23(30)28-14-7-8-14)11-16(25)19(20(18)26)15-6-4-5-13-9-10-27-21(13)15/h4-6,9-12,14,22,27,29H,7-8H2,1-3H3,(H,28,30)/t12-,22?/m0/s1. The van der Waals surface area contributed by atoms with Crippen molar-refractivity contribution in [2.75, 3.05) is 5.32 Å². The Balaban J connectivity index is 1.59. The maximum atomic E-state index is 15.9. The van der Waals surface area contributed by atoms with Crippen LogP contribution in [0.5, 0.6) is 0 Å². The number of H-pyrrole nitrogens is 1. The Labute approximate surface area is 179 Å². The molecule has 1 aromatic heterocycles. The third-order valence-corrected chi connectivity index (χ3v) is 6.32. The van der Waals surface area contributed by atoms with E-state index in [1.54, 1.807) is 18.3 Å². The molecule has 31 heavy (non-hydrogen) atoms. The van der Waals surface area contributed by atoms with Gasteiger partial charge < -0.3 is 20.4 Å². The summed E-state index contributed by atoms with van der Waals surface area (Å²) in [4.78, 5) is 15.4. The number of carbonyl (C=O) groups is 1. The molecule has 1 unspecified atom stereocenters. The molecule has 3 aromatic rings. The highest BCUT2D eigenvalue weighted by atomic mass is 19.1. The van der Waals surface area contributed by atoms with Gasteiger partial charge in [0.25, 0.3) is 0 Å². The number of para-hydroxylation sites is 1. The van der Waals surface area contributed by atoms with Crippen molar-refractivity contribution in [1.82, 2.24) is 10.3 Å². The number of ether oxygens (including phenoxy) is 1. The fourth-order valence-electron chi connectivity index (χ4n) is 4.71. The van der Waals surface area contributed by atoms with Gasteiger partial charge in [0.2, 0.25) is 0 Å². The van der Waals surface area contributed by atoms with E-state index in [1.807, 2.05) is 32.9 Å². The molecule has 1 aliphatic heterocycles. The second-order valence-electron chi connectivity index (χ2n) is 9.14. The van der Waals surface area contributed by atoms with Crippen LogP contribution in [0.3, 0.4) is 0 Å². The number of amides is 1. The quantitative estimate of drug-likeness (QED) is 0.506. The van der Waals surface area contributed by atoms with Crippen LogP contribution in [0.15, 0.2) is 36.5 Å². The summed E-state index contributed by atoms with van der Waals surface area (Å²) in [5.74, 6) is -1.75. The van der Waals surface area contributed by atoms with Crippen LogP contribution in [0.25, 0.3) is 22.0 Å². The summed E-state index contributed by atoms with van der Waals surface area (Å²) in [7, 11) is 0. The molecule has 1 amide bonds. The zero-order valence-electron chi connectivity index (χ0n) is 17.7. The molecular formula is C24H25F2N3O2. The number of aromatic nitrogens is 1. The Bertz CT molecular complexity index is 1180. The minimum atomic E-state index is -0.701. The molecule has 2 atom stereocenters. The Morgan fingerprint density at radius 1 is 1.23 bits per heavy atom. The van der Waals surface area contributed by atoms with Gasteiger partial charge in [-0.25, -0.2) is 13.6 Å². The van der Waals surface area contributed by atoms with E-state index in [0.717, 1.165) is 18.2 Å². The Morgan fingerprint density at radius 2 is 2.00 bits per heavy atom. The molecule has 2 heterocycles. The van der Waals surface area contributed by atoms with Crippen LogP contribution in [-0.2, 0) is 4.74 Å². The number of anilines is 1. The number of benzene rings is 2. The van der Waals surface area contributed by atoms with E-state index < -0.39 is 35.3 Å². The maximum Gasteiger partial charge on any atom is 0.407 e. The fraction of sp³-hybridized carbons (Fsp3) is 0.375. The zero-order valence-corrected chi connectivity index (χ0v) is 17.7. The van der Waals surface area contributed by atoms with Gasteiger partial charge in [0.05, 0.1) is 16.6 Å². The van der Waals surface area contributed by atoms with E-state index in [9.17, 15) is 4.79 Å². The number of halogens is 2. The first kappa shape index (κ1) is 19.8. The van der Waals surface area contributed by atoms with Gasteiger partial charge in [0.1, 0.15) is 17.7 Å². The summed E-state index contributed by atoms with van der Waals surface area (Å²) in [6.07, 6.45) is 2.50. The number of hydrogen-bond acceptors (Lipinski definition) is 3. The first-order chi connectivity index (χ1) is 14.8. The molecule has 5 nitrogen and oxygen atoms in total. The van der Waals surface area contributed by atoms with Crippen LogP contribution in [0.1, 0.15) is 45.1 Å². The lowest BCUT2D eigenvalue weighted by molar-refractivity contribution is 0.0464. The van der Waals surface area contributed by atoms with Crippen LogP contribution in [0.2, 0.25) is 0 Å². The Hall–Kier alpha value is -3.09. The van der Waals surface area contributed by atoms with Crippen molar-refractivity contribution >= 4 is 22.7 Å². The summed E-state index contributed by atoms with van der Waals surface area (Å²) in [5.41, 5.74) is 1.06. The van der Waals surface area contributed by atoms with Crippen molar-refractivity contribution in [3.63, 3.8) is 0 Å². The summed E-state index contributed by atoms with van der Waals surface area (Å²) in [6.45, 7) is 5.55. The lowest BCUT2D eigenvalue weighted by Gasteiger charge is -2.44. The zero-order chi connectivity index (χ0) is 21.9. The van der Waals surface area contributed by atoms with Gasteiger partial charge in [0.15, 0.2) is 0 Å². The number of rotatable bonds is 3. The van der Waals surface area contributed by atoms with E-state index in [4.69, 9.17) is 4.74 Å².